The van der Waals surface area contributed by atoms with Crippen molar-refractivity contribution in [2.75, 3.05) is 18.9 Å². The van der Waals surface area contributed by atoms with Crippen molar-refractivity contribution in [1.82, 2.24) is 0 Å². The van der Waals surface area contributed by atoms with Crippen LogP contribution in [0.25, 0.3) is 0 Å². The Kier molecular flexibility index (Phi) is 1.80. The van der Waals surface area contributed by atoms with Crippen LogP contribution in [0.1, 0.15) is 6.42 Å². The molecule has 48 valence electrons. The quantitative estimate of drug-likeness (QED) is 0.549. The van der Waals surface area contributed by atoms with Gasteiger partial charge < -0.3 is 10.8 Å². The number of nitrogens with two attached hydrogens (primary N) is 1. The Balaban J connectivity index is 2.33. The van der Waals surface area contributed by atoms with Gasteiger partial charge in [0, 0.05) is 6.54 Å². The topological polar surface area (TPSA) is 46.2 Å². The molecule has 1 heterocycles. The first-order valence-electron chi connectivity index (χ1n) is 2.78. The van der Waals surface area contributed by atoms with Crippen LogP contribution < -0.4 is 5.73 Å². The summed E-state index contributed by atoms with van der Waals surface area (Å²) in [7, 11) is 0. The lowest BCUT2D eigenvalue weighted by molar-refractivity contribution is 0.240. The lowest BCUT2D eigenvalue weighted by Crippen LogP contribution is -2.45. The summed E-state index contributed by atoms with van der Waals surface area (Å²) >= 11 is 1.78. The molecule has 3 N–H and O–H groups in total. The van der Waals surface area contributed by atoms with Crippen LogP contribution in [0.2, 0.25) is 0 Å². The van der Waals surface area contributed by atoms with Crippen LogP contribution in [-0.2, 0) is 0 Å². The van der Waals surface area contributed by atoms with Crippen molar-refractivity contribution in [3.63, 3.8) is 0 Å². The molecular weight excluding hydrogens is 122 g/mol. The summed E-state index contributed by atoms with van der Waals surface area (Å²) in [5.74, 6) is 1.16. The Morgan fingerprint density at radius 3 is 2.38 bits per heavy atom. The lowest BCUT2D eigenvalue weighted by atomic mass is 10.1. The summed E-state index contributed by atoms with van der Waals surface area (Å²) in [4.78, 5) is 0. The number of aliphatic hydroxyl groups excluding tert-OH is 1. The average molecular weight is 133 g/mol. The van der Waals surface area contributed by atoms with Crippen LogP contribution in [0.3, 0.4) is 0 Å². The Bertz CT molecular complexity index is 69.0. The zero-order valence-electron chi connectivity index (χ0n) is 4.76. The second kappa shape index (κ2) is 2.25. The fourth-order valence-electron chi connectivity index (χ4n) is 0.741. The van der Waals surface area contributed by atoms with E-state index in [1.165, 1.54) is 0 Å². The van der Waals surface area contributed by atoms with Crippen molar-refractivity contribution in [2.45, 2.75) is 11.2 Å². The van der Waals surface area contributed by atoms with E-state index < -0.39 is 0 Å². The standard InChI is InChI=1S/C5H11NOS/c6-3-5(4-7)1-2-8-5/h7H,1-4,6H2. The van der Waals surface area contributed by atoms with E-state index in [2.05, 4.69) is 0 Å². The molecule has 0 amide bonds. The van der Waals surface area contributed by atoms with Gasteiger partial charge in [-0.05, 0) is 12.2 Å². The molecular formula is C5H11NOS. The molecule has 0 saturated carbocycles. The molecule has 8 heavy (non-hydrogen) atoms. The van der Waals surface area contributed by atoms with Gasteiger partial charge >= 0.3 is 0 Å². The van der Waals surface area contributed by atoms with Crippen LogP contribution in [-0.4, -0.2) is 28.8 Å². The van der Waals surface area contributed by atoms with E-state index >= 15 is 0 Å². The Hall–Kier alpha value is 0.270. The molecule has 0 aromatic carbocycles. The molecule has 1 unspecified atom stereocenters. The largest absolute Gasteiger partial charge is 0.395 e. The van der Waals surface area contributed by atoms with E-state index in [1.807, 2.05) is 0 Å². The van der Waals surface area contributed by atoms with Crippen LogP contribution in [0, 0.1) is 0 Å². The lowest BCUT2D eigenvalue weighted by Gasteiger charge is -2.38. The van der Waals surface area contributed by atoms with Gasteiger partial charge in [-0.1, -0.05) is 0 Å². The smallest absolute Gasteiger partial charge is 0.0590 e. The van der Waals surface area contributed by atoms with E-state index in [-0.39, 0.29) is 11.4 Å². The van der Waals surface area contributed by atoms with Crippen molar-refractivity contribution in [3.05, 3.63) is 0 Å². The normalized spacial score (nSPS) is 36.8. The molecule has 1 atom stereocenters. The molecule has 1 fully saturated rings. The minimum atomic E-state index is 0.0556. The molecule has 0 aliphatic carbocycles. The fourth-order valence-corrected chi connectivity index (χ4v) is 1.73. The van der Waals surface area contributed by atoms with Gasteiger partial charge in [0.25, 0.3) is 0 Å². The number of thioether (sulfide) groups is 1. The van der Waals surface area contributed by atoms with Crippen molar-refractivity contribution in [1.29, 1.82) is 0 Å². The van der Waals surface area contributed by atoms with E-state index in [4.69, 9.17) is 10.8 Å². The van der Waals surface area contributed by atoms with Crippen LogP contribution >= 0.6 is 11.8 Å². The first-order valence-corrected chi connectivity index (χ1v) is 3.76. The van der Waals surface area contributed by atoms with Gasteiger partial charge in [0.2, 0.25) is 0 Å². The average Bonchev–Trinajstić information content (AvgIpc) is 1.67. The highest BCUT2D eigenvalue weighted by molar-refractivity contribution is 8.02. The third kappa shape index (κ3) is 0.855. The van der Waals surface area contributed by atoms with Crippen LogP contribution in [0.4, 0.5) is 0 Å². The monoisotopic (exact) mass is 133 g/mol. The summed E-state index contributed by atoms with van der Waals surface area (Å²) in [6.07, 6.45) is 1.09. The minimum Gasteiger partial charge on any atom is -0.395 e. The molecule has 0 radical (unpaired) electrons. The van der Waals surface area contributed by atoms with Gasteiger partial charge in [-0.2, -0.15) is 11.8 Å². The predicted octanol–water partition coefficient (Wildman–Crippen LogP) is -0.187. The molecule has 1 aliphatic rings. The third-order valence-electron chi connectivity index (χ3n) is 1.63. The predicted molar refractivity (Wildman–Crippen MR) is 35.9 cm³/mol. The Morgan fingerprint density at radius 1 is 1.75 bits per heavy atom. The Labute approximate surface area is 53.5 Å². The molecule has 0 bridgehead atoms. The zero-order valence-corrected chi connectivity index (χ0v) is 5.58. The first-order chi connectivity index (χ1) is 3.83. The number of aliphatic hydroxyl groups is 1. The van der Waals surface area contributed by atoms with Crippen molar-refractivity contribution >= 4 is 11.8 Å². The molecule has 0 aromatic heterocycles. The maximum absolute atomic E-state index is 8.74. The summed E-state index contributed by atoms with van der Waals surface area (Å²) in [6.45, 7) is 0.863. The molecule has 1 saturated heterocycles. The second-order valence-electron chi connectivity index (χ2n) is 2.14. The van der Waals surface area contributed by atoms with E-state index in [0.717, 1.165) is 12.2 Å². The molecule has 1 rings (SSSR count). The molecule has 3 heteroatoms. The van der Waals surface area contributed by atoms with Gasteiger partial charge in [0.15, 0.2) is 0 Å². The molecule has 0 aromatic rings. The van der Waals surface area contributed by atoms with Crippen molar-refractivity contribution < 1.29 is 5.11 Å². The van der Waals surface area contributed by atoms with E-state index in [9.17, 15) is 0 Å². The molecule has 2 nitrogen and oxygen atoms in total. The number of hydrogen-bond acceptors (Lipinski definition) is 3. The van der Waals surface area contributed by atoms with Gasteiger partial charge in [0.1, 0.15) is 0 Å². The SMILES string of the molecule is NCC1(CO)CCS1. The van der Waals surface area contributed by atoms with Crippen molar-refractivity contribution in [2.24, 2.45) is 5.73 Å². The van der Waals surface area contributed by atoms with E-state index in [0.29, 0.717) is 6.54 Å². The highest BCUT2D eigenvalue weighted by Crippen LogP contribution is 2.38. The third-order valence-corrected chi connectivity index (χ3v) is 3.15. The molecule has 0 spiro atoms. The van der Waals surface area contributed by atoms with Crippen LogP contribution in [0.15, 0.2) is 0 Å². The summed E-state index contributed by atoms with van der Waals surface area (Å²) in [5.41, 5.74) is 5.40. The summed E-state index contributed by atoms with van der Waals surface area (Å²) < 4.78 is 0.0556. The molecule has 1 aliphatic heterocycles. The minimum absolute atomic E-state index is 0.0556. The maximum atomic E-state index is 8.74. The highest BCUT2D eigenvalue weighted by atomic mass is 32.2. The van der Waals surface area contributed by atoms with Gasteiger partial charge in [-0.15, -0.1) is 0 Å². The zero-order chi connectivity index (χ0) is 6.04. The van der Waals surface area contributed by atoms with Gasteiger partial charge in [-0.25, -0.2) is 0 Å². The maximum Gasteiger partial charge on any atom is 0.0590 e. The number of hydrogen-bond donors (Lipinski definition) is 2. The summed E-state index contributed by atoms with van der Waals surface area (Å²) in [5, 5.41) is 8.74. The first kappa shape index (κ1) is 6.39. The summed E-state index contributed by atoms with van der Waals surface area (Å²) in [6, 6.07) is 0. The Morgan fingerprint density at radius 2 is 2.38 bits per heavy atom. The van der Waals surface area contributed by atoms with Crippen molar-refractivity contribution in [3.8, 4) is 0 Å². The second-order valence-corrected chi connectivity index (χ2v) is 3.71. The van der Waals surface area contributed by atoms with Crippen LogP contribution in [0.5, 0.6) is 0 Å². The highest BCUT2D eigenvalue weighted by Gasteiger charge is 2.35. The van der Waals surface area contributed by atoms with Gasteiger partial charge in [-0.3, -0.25) is 0 Å². The number of rotatable bonds is 2. The fraction of sp³-hybridized carbons (Fsp3) is 1.00. The van der Waals surface area contributed by atoms with Gasteiger partial charge in [0.05, 0.1) is 11.4 Å². The van der Waals surface area contributed by atoms with E-state index in [1.54, 1.807) is 11.8 Å².